The predicted octanol–water partition coefficient (Wildman–Crippen LogP) is 16.3. The lowest BCUT2D eigenvalue weighted by Gasteiger charge is -2.49. The van der Waals surface area contributed by atoms with Crippen molar-refractivity contribution < 1.29 is 0 Å². The monoisotopic (exact) mass is 892 g/mol. The molecule has 0 amide bonds. The van der Waals surface area contributed by atoms with Crippen LogP contribution in [0.4, 0.5) is 0 Å². The Morgan fingerprint density at radius 3 is 1.39 bits per heavy atom. The maximum Gasteiger partial charge on any atom is 0.160 e. The highest BCUT2D eigenvalue weighted by Gasteiger charge is 2.60. The summed E-state index contributed by atoms with van der Waals surface area (Å²) >= 11 is 1.93. The van der Waals surface area contributed by atoms with E-state index in [0.29, 0.717) is 5.82 Å². The van der Waals surface area contributed by atoms with Crippen molar-refractivity contribution in [2.75, 3.05) is 0 Å². The first-order chi connectivity index (χ1) is 34.2. The Labute approximate surface area is 405 Å². The van der Waals surface area contributed by atoms with E-state index in [1.54, 1.807) is 0 Å². The van der Waals surface area contributed by atoms with E-state index in [4.69, 9.17) is 9.97 Å². The van der Waals surface area contributed by atoms with Crippen LogP contribution in [0.25, 0.3) is 78.4 Å². The highest BCUT2D eigenvalue weighted by atomic mass is 32.2. The minimum absolute atomic E-state index is 0.504. The summed E-state index contributed by atoms with van der Waals surface area (Å²) in [5.41, 5.74) is 24.7. The molecule has 0 atom stereocenters. The van der Waals surface area contributed by atoms with E-state index < -0.39 is 10.8 Å². The normalized spacial score (nSPS) is 14.3. The second kappa shape index (κ2) is 14.6. The lowest BCUT2D eigenvalue weighted by Crippen LogP contribution is -2.44. The molecule has 0 saturated carbocycles. The summed E-state index contributed by atoms with van der Waals surface area (Å²) in [5, 5.41) is 0. The van der Waals surface area contributed by atoms with Crippen molar-refractivity contribution in [1.82, 2.24) is 9.97 Å². The van der Waals surface area contributed by atoms with Crippen molar-refractivity contribution in [2.45, 2.75) is 20.6 Å². The predicted molar refractivity (Wildman–Crippen MR) is 282 cm³/mol. The molecule has 0 saturated heterocycles. The largest absolute Gasteiger partial charge is 0.228 e. The number of hydrogen-bond donors (Lipinski definition) is 0. The van der Waals surface area contributed by atoms with Gasteiger partial charge in [0.2, 0.25) is 0 Å². The van der Waals surface area contributed by atoms with Crippen molar-refractivity contribution in [2.24, 2.45) is 0 Å². The van der Waals surface area contributed by atoms with Gasteiger partial charge in [-0.1, -0.05) is 236 Å². The quantitative estimate of drug-likeness (QED) is 0.176. The standard InChI is InChI=1S/C66H40N2S/c1-3-17-42(18-4-1)59-40-60(68-64(67-59)44-19-5-2-6-20-44)43-35-33-41(34-36-43)47-25-16-32-58-61(47)51-38-37-48-45-21-15-22-46(39-45)69-63(48)62(51)66(58)56-30-13-11-28-54(56)65(55-29-12-14-31-57(55)66)52-26-9-7-23-49(52)50-24-8-10-27-53(50)65/h1-40H. The molecular formula is C66H40N2S. The fourth-order valence-corrected chi connectivity index (χ4v) is 13.9. The van der Waals surface area contributed by atoms with Gasteiger partial charge in [0.1, 0.15) is 0 Å². The van der Waals surface area contributed by atoms with Gasteiger partial charge in [-0.05, 0) is 107 Å². The molecule has 3 heteroatoms. The highest BCUT2D eigenvalue weighted by molar-refractivity contribution is 7.99. The third-order valence-corrected chi connectivity index (χ3v) is 16.5. The van der Waals surface area contributed by atoms with E-state index in [0.717, 1.165) is 28.1 Å². The van der Waals surface area contributed by atoms with Crippen LogP contribution in [0.15, 0.2) is 252 Å². The molecule has 1 aromatic heterocycles. The zero-order valence-corrected chi connectivity index (χ0v) is 38.2. The minimum atomic E-state index is -0.622. The fourth-order valence-electron chi connectivity index (χ4n) is 12.7. The first kappa shape index (κ1) is 38.7. The lowest BCUT2D eigenvalue weighted by atomic mass is 9.52. The zero-order valence-electron chi connectivity index (χ0n) is 37.4. The Bertz CT molecular complexity index is 3780. The molecule has 11 aromatic rings. The summed E-state index contributed by atoms with van der Waals surface area (Å²) in [4.78, 5) is 12.9. The number of nitrogens with zero attached hydrogens (tertiary/aromatic N) is 2. The van der Waals surface area contributed by atoms with Crippen molar-refractivity contribution >= 4 is 11.8 Å². The first-order valence-electron chi connectivity index (χ1n) is 23.8. The Kier molecular flexibility index (Phi) is 8.17. The summed E-state index contributed by atoms with van der Waals surface area (Å²) in [6.45, 7) is 0. The van der Waals surface area contributed by atoms with Gasteiger partial charge < -0.3 is 0 Å². The van der Waals surface area contributed by atoms with Crippen molar-refractivity contribution in [3.05, 3.63) is 287 Å². The highest BCUT2D eigenvalue weighted by Crippen LogP contribution is 2.70. The van der Waals surface area contributed by atoms with Crippen LogP contribution in [0.5, 0.6) is 0 Å². The minimum Gasteiger partial charge on any atom is -0.228 e. The van der Waals surface area contributed by atoms with Gasteiger partial charge in [-0.15, -0.1) is 0 Å². The Morgan fingerprint density at radius 1 is 0.290 bits per heavy atom. The van der Waals surface area contributed by atoms with E-state index >= 15 is 0 Å². The van der Waals surface area contributed by atoms with E-state index in [2.05, 4.69) is 218 Å². The van der Waals surface area contributed by atoms with Crippen LogP contribution < -0.4 is 0 Å². The molecule has 2 spiro atoms. The van der Waals surface area contributed by atoms with Gasteiger partial charge in [-0.3, -0.25) is 0 Å². The van der Waals surface area contributed by atoms with Gasteiger partial charge in [0.15, 0.2) is 5.82 Å². The topological polar surface area (TPSA) is 25.8 Å². The Morgan fingerprint density at radius 2 is 0.754 bits per heavy atom. The zero-order chi connectivity index (χ0) is 45.3. The summed E-state index contributed by atoms with van der Waals surface area (Å²) in [6.07, 6.45) is 0. The molecule has 0 fully saturated rings. The lowest BCUT2D eigenvalue weighted by molar-refractivity contribution is 0.627. The molecule has 0 unspecified atom stereocenters. The molecule has 320 valence electrons. The van der Waals surface area contributed by atoms with Crippen molar-refractivity contribution in [3.63, 3.8) is 0 Å². The molecule has 10 aromatic carbocycles. The average Bonchev–Trinajstić information content (AvgIpc) is 3.90. The second-order valence-corrected chi connectivity index (χ2v) is 19.8. The molecule has 4 aliphatic rings. The summed E-state index contributed by atoms with van der Waals surface area (Å²) < 4.78 is 0. The second-order valence-electron chi connectivity index (χ2n) is 18.7. The molecule has 3 aliphatic carbocycles. The van der Waals surface area contributed by atoms with Crippen LogP contribution in [0.1, 0.15) is 44.5 Å². The first-order valence-corrected chi connectivity index (χ1v) is 24.6. The van der Waals surface area contributed by atoms with Crippen molar-refractivity contribution in [3.8, 4) is 78.4 Å². The van der Waals surface area contributed by atoms with Crippen LogP contribution >= 0.6 is 11.8 Å². The molecule has 15 rings (SSSR count). The van der Waals surface area contributed by atoms with Crippen LogP contribution in [0, 0.1) is 0 Å². The molecule has 2 bridgehead atoms. The fraction of sp³-hybridized carbons (Fsp3) is 0.0303. The van der Waals surface area contributed by atoms with Crippen LogP contribution in [-0.2, 0) is 10.8 Å². The molecule has 69 heavy (non-hydrogen) atoms. The molecule has 0 radical (unpaired) electrons. The number of benzene rings is 10. The molecule has 1 aliphatic heterocycles. The van der Waals surface area contributed by atoms with Gasteiger partial charge in [-0.2, -0.15) is 0 Å². The van der Waals surface area contributed by atoms with E-state index in [-0.39, 0.29) is 0 Å². The van der Waals surface area contributed by atoms with Gasteiger partial charge in [0, 0.05) is 26.5 Å². The van der Waals surface area contributed by atoms with Gasteiger partial charge in [0.05, 0.1) is 22.2 Å². The maximum atomic E-state index is 5.19. The summed E-state index contributed by atoms with van der Waals surface area (Å²) in [7, 11) is 0. The third-order valence-electron chi connectivity index (χ3n) is 15.4. The average molecular weight is 893 g/mol. The molecule has 2 heterocycles. The molecule has 0 N–H and O–H groups in total. The number of hydrogen-bond acceptors (Lipinski definition) is 3. The summed E-state index contributed by atoms with van der Waals surface area (Å²) in [5.74, 6) is 0.713. The van der Waals surface area contributed by atoms with Gasteiger partial charge in [-0.25, -0.2) is 9.97 Å². The van der Waals surface area contributed by atoms with Gasteiger partial charge in [0.25, 0.3) is 0 Å². The van der Waals surface area contributed by atoms with Crippen molar-refractivity contribution in [1.29, 1.82) is 0 Å². The molecule has 2 nitrogen and oxygen atoms in total. The Balaban J connectivity index is 0.984. The SMILES string of the molecule is c1ccc(-c2cc(-c3ccc(-c4cccc5c4-c4ccc6c(c4C54c5ccccc5C5(c7ccccc7-c7ccccc75)c5ccccc54)Sc4cccc-6c4)cc3)nc(-c3ccccc3)n2)cc1. The number of aromatic nitrogens is 2. The van der Waals surface area contributed by atoms with Gasteiger partial charge >= 0.3 is 0 Å². The van der Waals surface area contributed by atoms with E-state index in [1.165, 1.54) is 98.8 Å². The smallest absolute Gasteiger partial charge is 0.160 e. The van der Waals surface area contributed by atoms with E-state index in [1.807, 2.05) is 36.0 Å². The van der Waals surface area contributed by atoms with Crippen LogP contribution in [0.3, 0.4) is 0 Å². The van der Waals surface area contributed by atoms with Crippen LogP contribution in [0.2, 0.25) is 0 Å². The Hall–Kier alpha value is -8.37. The summed E-state index contributed by atoms with van der Waals surface area (Å²) in [6, 6.07) is 90.1. The number of rotatable bonds is 4. The van der Waals surface area contributed by atoms with Crippen LogP contribution in [-0.4, -0.2) is 9.97 Å². The number of fused-ring (bicyclic) bond motifs is 21. The maximum absolute atomic E-state index is 5.19. The molecular weight excluding hydrogens is 853 g/mol. The van der Waals surface area contributed by atoms with E-state index in [9.17, 15) is 0 Å². The third kappa shape index (κ3) is 5.23.